The van der Waals surface area contributed by atoms with E-state index in [0.717, 1.165) is 12.3 Å². The predicted octanol–water partition coefficient (Wildman–Crippen LogP) is 5.92. The van der Waals surface area contributed by atoms with E-state index in [2.05, 4.69) is 0 Å². The van der Waals surface area contributed by atoms with Crippen LogP contribution in [0.15, 0.2) is 60.7 Å². The van der Waals surface area contributed by atoms with Gasteiger partial charge in [-0.25, -0.2) is 9.59 Å². The van der Waals surface area contributed by atoms with Gasteiger partial charge in [0.25, 0.3) is 0 Å². The summed E-state index contributed by atoms with van der Waals surface area (Å²) in [6, 6.07) is 18.2. The van der Waals surface area contributed by atoms with Crippen LogP contribution in [0, 0.1) is 23.7 Å². The van der Waals surface area contributed by atoms with Crippen molar-refractivity contribution >= 4 is 11.9 Å². The van der Waals surface area contributed by atoms with E-state index in [1.54, 1.807) is 24.3 Å². The van der Waals surface area contributed by atoms with Crippen LogP contribution >= 0.6 is 0 Å². The summed E-state index contributed by atoms with van der Waals surface area (Å²) in [6.07, 6.45) is 8.79. The highest BCUT2D eigenvalue weighted by molar-refractivity contribution is 5.89. The van der Waals surface area contributed by atoms with Gasteiger partial charge in [0.15, 0.2) is 0 Å². The number of hydrogen-bond acceptors (Lipinski definition) is 4. The second kappa shape index (κ2) is 10.6. The molecule has 0 aliphatic heterocycles. The molecule has 0 saturated heterocycles. The topological polar surface area (TPSA) is 52.6 Å². The molecule has 2 aromatic carbocycles. The molecule has 2 aliphatic rings. The Morgan fingerprint density at radius 3 is 1.81 bits per heavy atom. The van der Waals surface area contributed by atoms with Gasteiger partial charge in [0.1, 0.15) is 0 Å². The number of carbonyl (C=O) groups is 2. The highest BCUT2D eigenvalue weighted by Gasteiger charge is 2.39. The Labute approximate surface area is 185 Å². The third kappa shape index (κ3) is 5.55. The average Bonchev–Trinajstić information content (AvgIpc) is 2.84. The van der Waals surface area contributed by atoms with Crippen LogP contribution in [0.1, 0.15) is 65.7 Å². The van der Waals surface area contributed by atoms with Crippen LogP contribution in [0.2, 0.25) is 0 Å². The van der Waals surface area contributed by atoms with Crippen molar-refractivity contribution in [3.8, 4) is 0 Å². The zero-order valence-electron chi connectivity index (χ0n) is 18.1. The Kier molecular flexibility index (Phi) is 7.39. The van der Waals surface area contributed by atoms with Crippen molar-refractivity contribution in [2.45, 2.75) is 44.9 Å². The third-order valence-corrected chi connectivity index (χ3v) is 7.11. The van der Waals surface area contributed by atoms with E-state index in [9.17, 15) is 9.59 Å². The molecule has 164 valence electrons. The van der Waals surface area contributed by atoms with Gasteiger partial charge >= 0.3 is 11.9 Å². The molecule has 4 rings (SSSR count). The van der Waals surface area contributed by atoms with Gasteiger partial charge in [-0.15, -0.1) is 0 Å². The molecule has 2 aliphatic carbocycles. The third-order valence-electron chi connectivity index (χ3n) is 7.11. The number of benzene rings is 2. The molecule has 2 aromatic rings. The molecular formula is C27H32O4. The normalized spacial score (nSPS) is 23.1. The Morgan fingerprint density at radius 1 is 0.710 bits per heavy atom. The molecule has 4 heteroatoms. The summed E-state index contributed by atoms with van der Waals surface area (Å²) >= 11 is 0. The second-order valence-corrected chi connectivity index (χ2v) is 8.99. The summed E-state index contributed by atoms with van der Waals surface area (Å²) in [5.74, 6) is 1.27. The van der Waals surface area contributed by atoms with Crippen LogP contribution in [0.4, 0.5) is 0 Å². The van der Waals surface area contributed by atoms with Crippen LogP contribution in [0.25, 0.3) is 0 Å². The maximum absolute atomic E-state index is 12.5. The van der Waals surface area contributed by atoms with Crippen molar-refractivity contribution in [2.75, 3.05) is 13.2 Å². The maximum Gasteiger partial charge on any atom is 0.338 e. The van der Waals surface area contributed by atoms with Crippen molar-refractivity contribution in [3.63, 3.8) is 0 Å². The van der Waals surface area contributed by atoms with Crippen molar-refractivity contribution in [1.82, 2.24) is 0 Å². The number of esters is 2. The highest BCUT2D eigenvalue weighted by Crippen LogP contribution is 2.46. The molecule has 3 atom stereocenters. The first-order valence-electron chi connectivity index (χ1n) is 11.7. The van der Waals surface area contributed by atoms with Crippen molar-refractivity contribution in [3.05, 3.63) is 71.8 Å². The van der Waals surface area contributed by atoms with Gasteiger partial charge < -0.3 is 9.47 Å². The second-order valence-electron chi connectivity index (χ2n) is 8.99. The quantitative estimate of drug-likeness (QED) is 0.522. The molecule has 0 heterocycles. The first kappa shape index (κ1) is 21.6. The molecule has 2 saturated carbocycles. The van der Waals surface area contributed by atoms with Gasteiger partial charge in [-0.3, -0.25) is 0 Å². The average molecular weight is 421 g/mol. The van der Waals surface area contributed by atoms with Gasteiger partial charge in [0, 0.05) is 5.92 Å². The molecule has 3 unspecified atom stereocenters. The summed E-state index contributed by atoms with van der Waals surface area (Å²) in [6.45, 7) is 0.591. The van der Waals surface area contributed by atoms with E-state index in [1.165, 1.54) is 38.5 Å². The maximum atomic E-state index is 12.5. The van der Waals surface area contributed by atoms with Crippen LogP contribution < -0.4 is 0 Å². The summed E-state index contributed by atoms with van der Waals surface area (Å²) < 4.78 is 11.5. The van der Waals surface area contributed by atoms with Gasteiger partial charge in [-0.1, -0.05) is 68.5 Å². The SMILES string of the molecule is O=C(OCC(COC(=O)c1ccccc1)C1CCCC2CCCCC21)c1ccccc1. The monoisotopic (exact) mass is 420 g/mol. The number of fused-ring (bicyclic) bond motifs is 1. The van der Waals surface area contributed by atoms with Gasteiger partial charge in [-0.2, -0.15) is 0 Å². The first-order chi connectivity index (χ1) is 15.2. The standard InChI is InChI=1S/C27H32O4/c28-26(21-11-3-1-4-12-21)30-18-23(19-31-27(29)22-13-5-2-6-14-22)25-17-9-15-20-10-7-8-16-24(20)25/h1-6,11-14,20,23-25H,7-10,15-19H2. The zero-order chi connectivity index (χ0) is 21.5. The minimum Gasteiger partial charge on any atom is -0.462 e. The van der Waals surface area contributed by atoms with E-state index >= 15 is 0 Å². The first-order valence-corrected chi connectivity index (χ1v) is 11.7. The fourth-order valence-electron chi connectivity index (χ4n) is 5.55. The Hall–Kier alpha value is -2.62. The predicted molar refractivity (Wildman–Crippen MR) is 120 cm³/mol. The molecule has 0 N–H and O–H groups in total. The Morgan fingerprint density at radius 2 is 1.23 bits per heavy atom. The lowest BCUT2D eigenvalue weighted by Gasteiger charge is -2.44. The van der Waals surface area contributed by atoms with Crippen molar-refractivity contribution < 1.29 is 19.1 Å². The zero-order valence-corrected chi connectivity index (χ0v) is 18.1. The molecule has 31 heavy (non-hydrogen) atoms. The molecule has 0 radical (unpaired) electrons. The minimum atomic E-state index is -0.309. The van der Waals surface area contributed by atoms with E-state index in [4.69, 9.17) is 9.47 Å². The molecular weight excluding hydrogens is 388 g/mol. The van der Waals surface area contributed by atoms with Gasteiger partial charge in [0.2, 0.25) is 0 Å². The summed E-state index contributed by atoms with van der Waals surface area (Å²) in [7, 11) is 0. The fourth-order valence-corrected chi connectivity index (χ4v) is 5.55. The molecule has 2 fully saturated rings. The van der Waals surface area contributed by atoms with Crippen LogP contribution in [0.5, 0.6) is 0 Å². The van der Waals surface area contributed by atoms with E-state index in [1.807, 2.05) is 36.4 Å². The highest BCUT2D eigenvalue weighted by atomic mass is 16.5. The van der Waals surface area contributed by atoms with Crippen LogP contribution in [-0.2, 0) is 9.47 Å². The van der Waals surface area contributed by atoms with E-state index < -0.39 is 0 Å². The molecule has 0 aromatic heterocycles. The van der Waals surface area contributed by atoms with E-state index in [0.29, 0.717) is 36.2 Å². The summed E-state index contributed by atoms with van der Waals surface area (Å²) in [4.78, 5) is 25.1. The lowest BCUT2D eigenvalue weighted by atomic mass is 9.62. The Bertz CT molecular complexity index is 791. The minimum absolute atomic E-state index is 0.0335. The van der Waals surface area contributed by atoms with E-state index in [-0.39, 0.29) is 17.9 Å². The number of carbonyl (C=O) groups excluding carboxylic acids is 2. The van der Waals surface area contributed by atoms with Crippen molar-refractivity contribution in [2.24, 2.45) is 23.7 Å². The Balaban J connectivity index is 1.44. The molecule has 0 bridgehead atoms. The fraction of sp³-hybridized carbons (Fsp3) is 0.481. The summed E-state index contributed by atoms with van der Waals surface area (Å²) in [5.41, 5.74) is 1.11. The number of hydrogen-bond donors (Lipinski definition) is 0. The lowest BCUT2D eigenvalue weighted by Crippen LogP contribution is -2.39. The lowest BCUT2D eigenvalue weighted by molar-refractivity contribution is -0.0134. The van der Waals surface area contributed by atoms with Gasteiger partial charge in [0.05, 0.1) is 24.3 Å². The van der Waals surface area contributed by atoms with Crippen LogP contribution in [-0.4, -0.2) is 25.2 Å². The molecule has 4 nitrogen and oxygen atoms in total. The molecule has 0 amide bonds. The smallest absolute Gasteiger partial charge is 0.338 e. The van der Waals surface area contributed by atoms with Crippen molar-refractivity contribution in [1.29, 1.82) is 0 Å². The number of rotatable bonds is 7. The van der Waals surface area contributed by atoms with Crippen LogP contribution in [0.3, 0.4) is 0 Å². The van der Waals surface area contributed by atoms with Gasteiger partial charge in [-0.05, 0) is 54.9 Å². The number of ether oxygens (including phenoxy) is 2. The largest absolute Gasteiger partial charge is 0.462 e. The summed E-state index contributed by atoms with van der Waals surface area (Å²) in [5, 5.41) is 0. The molecule has 0 spiro atoms.